The zero-order valence-electron chi connectivity index (χ0n) is 11.4. The molecule has 3 rings (SSSR count). The molecule has 0 saturated heterocycles. The lowest BCUT2D eigenvalue weighted by atomic mass is 10.0. The van der Waals surface area contributed by atoms with E-state index in [1.54, 1.807) is 0 Å². The number of carbonyl (C=O) groups excluding carboxylic acids is 1. The molecule has 0 bridgehead atoms. The smallest absolute Gasteiger partial charge is 0.374 e. The topological polar surface area (TPSA) is 39.4 Å². The number of benzene rings is 2. The number of alkyl halides is 1. The Labute approximate surface area is 130 Å². The first-order valence-corrected chi connectivity index (χ1v) is 7.62. The number of rotatable bonds is 3. The predicted molar refractivity (Wildman–Crippen MR) is 85.6 cm³/mol. The van der Waals surface area contributed by atoms with Crippen molar-refractivity contribution in [2.75, 3.05) is 7.11 Å². The maximum Gasteiger partial charge on any atom is 0.374 e. The summed E-state index contributed by atoms with van der Waals surface area (Å²) in [6.07, 6.45) is 0. The van der Waals surface area contributed by atoms with Gasteiger partial charge in [-0.2, -0.15) is 0 Å². The summed E-state index contributed by atoms with van der Waals surface area (Å²) in [7, 11) is 1.35. The molecule has 0 spiro atoms. The number of carbonyl (C=O) groups is 1. The van der Waals surface area contributed by atoms with Gasteiger partial charge in [0.05, 0.1) is 7.11 Å². The Morgan fingerprint density at radius 2 is 1.86 bits per heavy atom. The van der Waals surface area contributed by atoms with Crippen LogP contribution < -0.4 is 0 Å². The average molecular weight is 345 g/mol. The summed E-state index contributed by atoms with van der Waals surface area (Å²) >= 11 is 3.43. The largest absolute Gasteiger partial charge is 0.463 e. The van der Waals surface area contributed by atoms with Crippen molar-refractivity contribution in [2.24, 2.45) is 0 Å². The van der Waals surface area contributed by atoms with Crippen molar-refractivity contribution in [2.45, 2.75) is 5.33 Å². The monoisotopic (exact) mass is 344 g/mol. The van der Waals surface area contributed by atoms with Gasteiger partial charge in [-0.25, -0.2) is 4.79 Å². The lowest BCUT2D eigenvalue weighted by Gasteiger charge is -2.03. The van der Waals surface area contributed by atoms with Gasteiger partial charge < -0.3 is 9.15 Å². The molecule has 3 nitrogen and oxygen atoms in total. The SMILES string of the molecule is COC(=O)c1oc2ccccc2c1-c1ccc(CBr)cc1. The molecule has 0 amide bonds. The van der Waals surface area contributed by atoms with Crippen molar-refractivity contribution in [3.05, 3.63) is 59.9 Å². The number of hydrogen-bond acceptors (Lipinski definition) is 3. The van der Waals surface area contributed by atoms with Gasteiger partial charge in [0.1, 0.15) is 5.58 Å². The number of hydrogen-bond donors (Lipinski definition) is 0. The molecule has 0 N–H and O–H groups in total. The van der Waals surface area contributed by atoms with Crippen LogP contribution in [0, 0.1) is 0 Å². The van der Waals surface area contributed by atoms with E-state index >= 15 is 0 Å². The maximum atomic E-state index is 12.0. The average Bonchev–Trinajstić information content (AvgIpc) is 2.93. The van der Waals surface area contributed by atoms with Crippen LogP contribution in [0.4, 0.5) is 0 Å². The number of fused-ring (bicyclic) bond motifs is 1. The van der Waals surface area contributed by atoms with E-state index in [1.807, 2.05) is 48.5 Å². The van der Waals surface area contributed by atoms with Gasteiger partial charge in [-0.1, -0.05) is 58.4 Å². The molecule has 0 radical (unpaired) electrons. The lowest BCUT2D eigenvalue weighted by molar-refractivity contribution is 0.0569. The Balaban J connectivity index is 2.25. The third-order valence-electron chi connectivity index (χ3n) is 3.36. The Bertz CT molecular complexity index is 787. The quantitative estimate of drug-likeness (QED) is 0.507. The van der Waals surface area contributed by atoms with E-state index in [0.717, 1.165) is 21.8 Å². The van der Waals surface area contributed by atoms with E-state index < -0.39 is 5.97 Å². The molecule has 106 valence electrons. The molecular weight excluding hydrogens is 332 g/mol. The molecule has 21 heavy (non-hydrogen) atoms. The van der Waals surface area contributed by atoms with Gasteiger partial charge >= 0.3 is 5.97 Å². The number of methoxy groups -OCH3 is 1. The van der Waals surface area contributed by atoms with Crippen LogP contribution >= 0.6 is 15.9 Å². The van der Waals surface area contributed by atoms with Crippen LogP contribution in [0.3, 0.4) is 0 Å². The second kappa shape index (κ2) is 5.74. The number of ether oxygens (including phenoxy) is 1. The molecule has 0 fully saturated rings. The molecule has 2 aromatic carbocycles. The summed E-state index contributed by atoms with van der Waals surface area (Å²) in [4.78, 5) is 12.0. The molecule has 0 aliphatic heterocycles. The van der Waals surface area contributed by atoms with Crippen LogP contribution in [0.5, 0.6) is 0 Å². The number of halogens is 1. The first-order chi connectivity index (χ1) is 10.2. The van der Waals surface area contributed by atoms with Gasteiger partial charge in [-0.3, -0.25) is 0 Å². The Morgan fingerprint density at radius 1 is 1.14 bits per heavy atom. The third kappa shape index (κ3) is 2.47. The van der Waals surface area contributed by atoms with Crippen molar-refractivity contribution >= 4 is 32.9 Å². The van der Waals surface area contributed by atoms with Gasteiger partial charge in [-0.15, -0.1) is 0 Å². The maximum absolute atomic E-state index is 12.0. The molecule has 4 heteroatoms. The molecule has 0 unspecified atom stereocenters. The summed E-state index contributed by atoms with van der Waals surface area (Å²) in [5, 5.41) is 1.70. The molecule has 0 atom stereocenters. The Kier molecular flexibility index (Phi) is 3.80. The van der Waals surface area contributed by atoms with E-state index in [2.05, 4.69) is 15.9 Å². The second-order valence-corrected chi connectivity index (χ2v) is 5.19. The van der Waals surface area contributed by atoms with Crippen molar-refractivity contribution in [3.63, 3.8) is 0 Å². The van der Waals surface area contributed by atoms with Crippen molar-refractivity contribution in [3.8, 4) is 11.1 Å². The molecule has 1 aromatic heterocycles. The molecule has 0 aliphatic carbocycles. The highest BCUT2D eigenvalue weighted by molar-refractivity contribution is 9.08. The summed E-state index contributed by atoms with van der Waals surface area (Å²) in [6, 6.07) is 15.6. The van der Waals surface area contributed by atoms with Crippen LogP contribution in [0.15, 0.2) is 52.9 Å². The zero-order valence-corrected chi connectivity index (χ0v) is 13.0. The van der Waals surface area contributed by atoms with Crippen LogP contribution in [0.1, 0.15) is 16.1 Å². The third-order valence-corrected chi connectivity index (χ3v) is 4.01. The second-order valence-electron chi connectivity index (χ2n) is 4.62. The minimum Gasteiger partial charge on any atom is -0.463 e. The highest BCUT2D eigenvalue weighted by Gasteiger charge is 2.22. The lowest BCUT2D eigenvalue weighted by Crippen LogP contribution is -2.01. The zero-order chi connectivity index (χ0) is 14.8. The fourth-order valence-electron chi connectivity index (χ4n) is 2.33. The van der Waals surface area contributed by atoms with E-state index in [0.29, 0.717) is 5.58 Å². The van der Waals surface area contributed by atoms with Gasteiger partial charge in [-0.05, 0) is 17.2 Å². The number of furan rings is 1. The number of esters is 1. The number of para-hydroxylation sites is 1. The standard InChI is InChI=1S/C17H13BrO3/c1-20-17(19)16-15(12-8-6-11(10-18)7-9-12)13-4-2-3-5-14(13)21-16/h2-9H,10H2,1H3. The Morgan fingerprint density at radius 3 is 2.52 bits per heavy atom. The van der Waals surface area contributed by atoms with Crippen LogP contribution in [0.25, 0.3) is 22.1 Å². The highest BCUT2D eigenvalue weighted by atomic mass is 79.9. The van der Waals surface area contributed by atoms with Crippen LogP contribution in [-0.2, 0) is 10.1 Å². The Hall–Kier alpha value is -2.07. The van der Waals surface area contributed by atoms with Crippen molar-refractivity contribution in [1.82, 2.24) is 0 Å². The summed E-state index contributed by atoms with van der Waals surface area (Å²) in [5.74, 6) is -0.226. The minimum absolute atomic E-state index is 0.241. The molecule has 0 aliphatic rings. The molecular formula is C17H13BrO3. The summed E-state index contributed by atoms with van der Waals surface area (Å²) in [6.45, 7) is 0. The fourth-order valence-corrected chi connectivity index (χ4v) is 2.70. The normalized spacial score (nSPS) is 10.8. The van der Waals surface area contributed by atoms with E-state index in [9.17, 15) is 4.79 Å². The van der Waals surface area contributed by atoms with Gasteiger partial charge in [0, 0.05) is 16.3 Å². The molecule has 0 saturated carbocycles. The van der Waals surface area contributed by atoms with E-state index in [-0.39, 0.29) is 5.76 Å². The van der Waals surface area contributed by atoms with E-state index in [1.165, 1.54) is 12.7 Å². The highest BCUT2D eigenvalue weighted by Crippen LogP contribution is 2.35. The van der Waals surface area contributed by atoms with Gasteiger partial charge in [0.2, 0.25) is 5.76 Å². The van der Waals surface area contributed by atoms with Crippen LogP contribution in [0.2, 0.25) is 0 Å². The summed E-state index contributed by atoms with van der Waals surface area (Å²) < 4.78 is 10.5. The predicted octanol–water partition coefficient (Wildman–Crippen LogP) is 4.78. The fraction of sp³-hybridized carbons (Fsp3) is 0.118. The van der Waals surface area contributed by atoms with Crippen molar-refractivity contribution in [1.29, 1.82) is 0 Å². The first-order valence-electron chi connectivity index (χ1n) is 6.49. The van der Waals surface area contributed by atoms with Crippen molar-refractivity contribution < 1.29 is 13.9 Å². The van der Waals surface area contributed by atoms with E-state index in [4.69, 9.17) is 9.15 Å². The molecule has 3 aromatic rings. The van der Waals surface area contributed by atoms with Gasteiger partial charge in [0.15, 0.2) is 0 Å². The summed E-state index contributed by atoms with van der Waals surface area (Å²) in [5.41, 5.74) is 3.56. The minimum atomic E-state index is -0.467. The van der Waals surface area contributed by atoms with Crippen LogP contribution in [-0.4, -0.2) is 13.1 Å². The molecule has 1 heterocycles. The first kappa shape index (κ1) is 13.9. The van der Waals surface area contributed by atoms with Gasteiger partial charge in [0.25, 0.3) is 0 Å².